The van der Waals surface area contributed by atoms with Crippen molar-refractivity contribution >= 4 is 11.9 Å². The second-order valence-corrected chi connectivity index (χ2v) is 5.15. The third-order valence-electron chi connectivity index (χ3n) is 3.45. The lowest BCUT2D eigenvalue weighted by Gasteiger charge is -2.27. The summed E-state index contributed by atoms with van der Waals surface area (Å²) < 4.78 is 5.02. The Labute approximate surface area is 139 Å². The van der Waals surface area contributed by atoms with Crippen molar-refractivity contribution in [1.29, 1.82) is 0 Å². The third-order valence-corrected chi connectivity index (χ3v) is 3.45. The number of rotatable bonds is 6. The zero-order valence-electron chi connectivity index (χ0n) is 13.6. The number of carbonyl (C=O) groups excluding carboxylic acids is 2. The highest BCUT2D eigenvalue weighted by molar-refractivity contribution is 5.95. The summed E-state index contributed by atoms with van der Waals surface area (Å²) in [6.45, 7) is 3.76. The predicted octanol–water partition coefficient (Wildman–Crippen LogP) is 1.36. The van der Waals surface area contributed by atoms with Crippen molar-refractivity contribution in [2.24, 2.45) is 0 Å². The average molecular weight is 329 g/mol. The summed E-state index contributed by atoms with van der Waals surface area (Å²) in [7, 11) is 0. The minimum atomic E-state index is -0.786. The lowest BCUT2D eigenvalue weighted by atomic mass is 10.1. The van der Waals surface area contributed by atoms with Crippen LogP contribution >= 0.6 is 0 Å². The van der Waals surface area contributed by atoms with Crippen molar-refractivity contribution in [3.8, 4) is 0 Å². The van der Waals surface area contributed by atoms with Gasteiger partial charge in [0.2, 0.25) is 0 Å². The van der Waals surface area contributed by atoms with E-state index in [-0.39, 0.29) is 18.8 Å². The summed E-state index contributed by atoms with van der Waals surface area (Å²) >= 11 is 0. The number of carbonyl (C=O) groups is 2. The number of benzene rings is 1. The van der Waals surface area contributed by atoms with E-state index in [1.165, 1.54) is 17.0 Å². The molecular formula is C17H19N3O4. The standard InChI is InChI=1S/C17H19N3O4/c1-3-24-17(23)12(2)20(11-13-7-5-4-6-8-13)16(22)14-9-10-15(21)19-18-14/h4-10,12H,3,11H2,1-2H3,(H,19,21). The van der Waals surface area contributed by atoms with Gasteiger partial charge < -0.3 is 9.64 Å². The lowest BCUT2D eigenvalue weighted by molar-refractivity contribution is -0.148. The van der Waals surface area contributed by atoms with Gasteiger partial charge in [0.05, 0.1) is 6.61 Å². The molecule has 126 valence electrons. The van der Waals surface area contributed by atoms with Crippen molar-refractivity contribution < 1.29 is 14.3 Å². The molecule has 1 atom stereocenters. The van der Waals surface area contributed by atoms with Crippen LogP contribution in [0.4, 0.5) is 0 Å². The van der Waals surface area contributed by atoms with Crippen molar-refractivity contribution in [2.45, 2.75) is 26.4 Å². The number of H-pyrrole nitrogens is 1. The fourth-order valence-electron chi connectivity index (χ4n) is 2.17. The molecule has 1 aromatic heterocycles. The van der Waals surface area contributed by atoms with Gasteiger partial charge >= 0.3 is 5.97 Å². The summed E-state index contributed by atoms with van der Waals surface area (Å²) in [4.78, 5) is 37.3. The summed E-state index contributed by atoms with van der Waals surface area (Å²) in [5, 5.41) is 5.97. The fourth-order valence-corrected chi connectivity index (χ4v) is 2.17. The topological polar surface area (TPSA) is 92.4 Å². The zero-order chi connectivity index (χ0) is 17.5. The van der Waals surface area contributed by atoms with E-state index in [0.29, 0.717) is 0 Å². The van der Waals surface area contributed by atoms with Crippen LogP contribution in [0.1, 0.15) is 29.9 Å². The quantitative estimate of drug-likeness (QED) is 0.808. The molecule has 2 rings (SSSR count). The highest BCUT2D eigenvalue weighted by atomic mass is 16.5. The largest absolute Gasteiger partial charge is 0.464 e. The van der Waals surface area contributed by atoms with Gasteiger partial charge in [0.15, 0.2) is 0 Å². The van der Waals surface area contributed by atoms with E-state index in [2.05, 4.69) is 10.2 Å². The molecule has 0 aliphatic carbocycles. The zero-order valence-corrected chi connectivity index (χ0v) is 13.6. The maximum Gasteiger partial charge on any atom is 0.328 e. The number of amides is 1. The van der Waals surface area contributed by atoms with Crippen LogP contribution in [0.25, 0.3) is 0 Å². The number of aromatic nitrogens is 2. The maximum absolute atomic E-state index is 12.7. The molecule has 1 unspecified atom stereocenters. The Kier molecular flexibility index (Phi) is 5.83. The molecule has 7 nitrogen and oxygen atoms in total. The predicted molar refractivity (Wildman–Crippen MR) is 87.3 cm³/mol. The van der Waals surface area contributed by atoms with Crippen LogP contribution in [0.2, 0.25) is 0 Å². The number of nitrogens with zero attached hydrogens (tertiary/aromatic N) is 2. The van der Waals surface area contributed by atoms with Crippen LogP contribution < -0.4 is 5.56 Å². The normalized spacial score (nSPS) is 11.6. The molecule has 0 bridgehead atoms. The first-order valence-electron chi connectivity index (χ1n) is 7.60. The average Bonchev–Trinajstić information content (AvgIpc) is 2.60. The van der Waals surface area contributed by atoms with E-state index < -0.39 is 23.5 Å². The van der Waals surface area contributed by atoms with Crippen molar-refractivity contribution in [3.63, 3.8) is 0 Å². The molecule has 0 aliphatic heterocycles. The molecule has 1 aromatic carbocycles. The van der Waals surface area contributed by atoms with Gasteiger partial charge in [-0.05, 0) is 25.5 Å². The van der Waals surface area contributed by atoms with E-state index in [0.717, 1.165) is 5.56 Å². The number of esters is 1. The summed E-state index contributed by atoms with van der Waals surface area (Å²) in [5.74, 6) is -0.957. The molecule has 0 saturated carbocycles. The van der Waals surface area contributed by atoms with Crippen LogP contribution in [0, 0.1) is 0 Å². The molecule has 7 heteroatoms. The summed E-state index contributed by atoms with van der Waals surface area (Å²) in [6.07, 6.45) is 0. The van der Waals surface area contributed by atoms with Gasteiger partial charge in [-0.25, -0.2) is 9.89 Å². The Bertz CT molecular complexity index is 737. The van der Waals surface area contributed by atoms with Gasteiger partial charge in [-0.15, -0.1) is 0 Å². The molecule has 0 spiro atoms. The van der Waals surface area contributed by atoms with E-state index >= 15 is 0 Å². The van der Waals surface area contributed by atoms with Gasteiger partial charge in [-0.3, -0.25) is 9.59 Å². The van der Waals surface area contributed by atoms with E-state index in [1.54, 1.807) is 13.8 Å². The van der Waals surface area contributed by atoms with Gasteiger partial charge in [0, 0.05) is 12.6 Å². The monoisotopic (exact) mass is 329 g/mol. The number of aromatic amines is 1. The SMILES string of the molecule is CCOC(=O)C(C)N(Cc1ccccc1)C(=O)c1ccc(=O)[nH]n1. The fraction of sp³-hybridized carbons (Fsp3) is 0.294. The molecule has 1 amide bonds. The molecule has 0 saturated heterocycles. The van der Waals surface area contributed by atoms with Crippen LogP contribution in [0.15, 0.2) is 47.3 Å². The van der Waals surface area contributed by atoms with Gasteiger partial charge in [0.1, 0.15) is 11.7 Å². The molecule has 1 heterocycles. The van der Waals surface area contributed by atoms with Gasteiger partial charge in [0.25, 0.3) is 11.5 Å². The first-order chi connectivity index (χ1) is 11.5. The number of ether oxygens (including phenoxy) is 1. The lowest BCUT2D eigenvalue weighted by Crippen LogP contribution is -2.44. The van der Waals surface area contributed by atoms with E-state index in [1.807, 2.05) is 30.3 Å². The Balaban J connectivity index is 2.30. The Hall–Kier alpha value is -2.96. The molecule has 24 heavy (non-hydrogen) atoms. The second kappa shape index (κ2) is 8.05. The Morgan fingerprint density at radius 3 is 2.50 bits per heavy atom. The third kappa shape index (κ3) is 4.28. The van der Waals surface area contributed by atoms with Crippen molar-refractivity contribution in [1.82, 2.24) is 15.1 Å². The minimum Gasteiger partial charge on any atom is -0.464 e. The van der Waals surface area contributed by atoms with Crippen molar-refractivity contribution in [2.75, 3.05) is 6.61 Å². The first-order valence-corrected chi connectivity index (χ1v) is 7.60. The van der Waals surface area contributed by atoms with E-state index in [4.69, 9.17) is 4.74 Å². The highest BCUT2D eigenvalue weighted by Gasteiger charge is 2.28. The molecule has 0 radical (unpaired) electrons. The summed E-state index contributed by atoms with van der Waals surface area (Å²) in [5.41, 5.74) is 0.521. The van der Waals surface area contributed by atoms with Gasteiger partial charge in [-0.1, -0.05) is 30.3 Å². The maximum atomic E-state index is 12.7. The molecular weight excluding hydrogens is 310 g/mol. The van der Waals surface area contributed by atoms with Crippen LogP contribution in [0.3, 0.4) is 0 Å². The first kappa shape index (κ1) is 17.4. The van der Waals surface area contributed by atoms with E-state index in [9.17, 15) is 14.4 Å². The Morgan fingerprint density at radius 2 is 1.92 bits per heavy atom. The van der Waals surface area contributed by atoms with Gasteiger partial charge in [-0.2, -0.15) is 5.10 Å². The van der Waals surface area contributed by atoms with Crippen LogP contribution in [-0.2, 0) is 16.1 Å². The molecule has 2 aromatic rings. The number of hydrogen-bond donors (Lipinski definition) is 1. The van der Waals surface area contributed by atoms with Crippen molar-refractivity contribution in [3.05, 3.63) is 64.1 Å². The summed E-state index contributed by atoms with van der Waals surface area (Å²) in [6, 6.07) is 11.1. The number of hydrogen-bond acceptors (Lipinski definition) is 5. The van der Waals surface area contributed by atoms with Crippen LogP contribution in [0.5, 0.6) is 0 Å². The molecule has 1 N–H and O–H groups in total. The smallest absolute Gasteiger partial charge is 0.328 e. The molecule has 0 fully saturated rings. The Morgan fingerprint density at radius 1 is 1.21 bits per heavy atom. The minimum absolute atomic E-state index is 0.0571. The molecule has 0 aliphatic rings. The second-order valence-electron chi connectivity index (χ2n) is 5.15. The highest BCUT2D eigenvalue weighted by Crippen LogP contribution is 2.13. The van der Waals surface area contributed by atoms with Crippen LogP contribution in [-0.4, -0.2) is 39.6 Å². The number of nitrogens with one attached hydrogen (secondary N) is 1.